The lowest BCUT2D eigenvalue weighted by molar-refractivity contribution is 0.300. The Morgan fingerprint density at radius 1 is 1.15 bits per heavy atom. The number of rotatable bonds is 0. The van der Waals surface area contributed by atoms with Gasteiger partial charge in [0.2, 0.25) is 0 Å². The zero-order valence-corrected chi connectivity index (χ0v) is 10.4. The van der Waals surface area contributed by atoms with Gasteiger partial charge in [0, 0.05) is 16.5 Å². The summed E-state index contributed by atoms with van der Waals surface area (Å²) in [7, 11) is 0. The van der Waals surface area contributed by atoms with Gasteiger partial charge in [-0.05, 0) is 30.3 Å². The van der Waals surface area contributed by atoms with E-state index in [0.717, 1.165) is 5.52 Å². The van der Waals surface area contributed by atoms with Crippen LogP contribution in [0.1, 0.15) is 5.56 Å². The zero-order valence-electron chi connectivity index (χ0n) is 10.4. The monoisotopic (exact) mass is 267 g/mol. The predicted molar refractivity (Wildman–Crippen MR) is 74.3 cm³/mol. The predicted octanol–water partition coefficient (Wildman–Crippen LogP) is 3.23. The lowest BCUT2D eigenvalue weighted by Crippen LogP contribution is -2.18. The summed E-state index contributed by atoms with van der Waals surface area (Å²) in [5, 5.41) is 0.620. The molecule has 0 spiro atoms. The summed E-state index contributed by atoms with van der Waals surface area (Å²) in [6.07, 6.45) is 0. The Labute approximate surface area is 113 Å². The maximum atomic E-state index is 13.5. The molecule has 0 fully saturated rings. The van der Waals surface area contributed by atoms with E-state index in [2.05, 4.69) is 4.98 Å². The lowest BCUT2D eigenvalue weighted by Gasteiger charge is -2.20. The number of aromatic nitrogens is 1. The third-order valence-electron chi connectivity index (χ3n) is 3.59. The molecule has 4 rings (SSSR count). The number of benzene rings is 2. The van der Waals surface area contributed by atoms with Gasteiger partial charge in [0.1, 0.15) is 18.2 Å². The SMILES string of the molecule is O=c1c2c([nH]c3ccccc13)-c1cc(F)ccc1OC2. The molecular formula is C16H10FNO2. The molecule has 3 nitrogen and oxygen atoms in total. The quantitative estimate of drug-likeness (QED) is 0.679. The number of halogens is 1. The van der Waals surface area contributed by atoms with Crippen molar-refractivity contribution in [1.82, 2.24) is 4.98 Å². The maximum absolute atomic E-state index is 13.5. The molecule has 98 valence electrons. The van der Waals surface area contributed by atoms with Crippen LogP contribution in [-0.2, 0) is 6.61 Å². The first-order valence-corrected chi connectivity index (χ1v) is 6.30. The first-order chi connectivity index (χ1) is 9.74. The Bertz CT molecular complexity index is 899. The summed E-state index contributed by atoms with van der Waals surface area (Å²) in [5.74, 6) is 0.235. The molecule has 1 N–H and O–H groups in total. The molecule has 0 unspecified atom stereocenters. The van der Waals surface area contributed by atoms with E-state index in [1.165, 1.54) is 12.1 Å². The molecule has 0 radical (unpaired) electrons. The third kappa shape index (κ3) is 1.48. The minimum Gasteiger partial charge on any atom is -0.488 e. The second-order valence-corrected chi connectivity index (χ2v) is 4.78. The normalized spacial score (nSPS) is 12.7. The highest BCUT2D eigenvalue weighted by molar-refractivity contribution is 5.84. The van der Waals surface area contributed by atoms with Crippen LogP contribution in [0.5, 0.6) is 5.75 Å². The van der Waals surface area contributed by atoms with Crippen LogP contribution in [0, 0.1) is 5.82 Å². The van der Waals surface area contributed by atoms with Gasteiger partial charge in [-0.2, -0.15) is 0 Å². The van der Waals surface area contributed by atoms with Crippen molar-refractivity contribution in [3.8, 4) is 17.0 Å². The van der Waals surface area contributed by atoms with Gasteiger partial charge in [-0.1, -0.05) is 12.1 Å². The smallest absolute Gasteiger partial charge is 0.196 e. The second kappa shape index (κ2) is 3.93. The van der Waals surface area contributed by atoms with Crippen LogP contribution < -0.4 is 10.2 Å². The number of nitrogens with one attached hydrogen (secondary N) is 1. The molecule has 1 aliphatic heterocycles. The van der Waals surface area contributed by atoms with Gasteiger partial charge < -0.3 is 9.72 Å². The molecule has 1 aromatic heterocycles. The van der Waals surface area contributed by atoms with Crippen molar-refractivity contribution < 1.29 is 9.13 Å². The van der Waals surface area contributed by atoms with Crippen molar-refractivity contribution in [3.05, 3.63) is 64.1 Å². The van der Waals surface area contributed by atoms with Gasteiger partial charge in [0.05, 0.1) is 11.3 Å². The molecule has 0 amide bonds. The van der Waals surface area contributed by atoms with Gasteiger partial charge in [0.15, 0.2) is 5.43 Å². The highest BCUT2D eigenvalue weighted by Gasteiger charge is 2.22. The molecule has 0 bridgehead atoms. The van der Waals surface area contributed by atoms with Crippen LogP contribution in [0.2, 0.25) is 0 Å². The van der Waals surface area contributed by atoms with Crippen molar-refractivity contribution in [1.29, 1.82) is 0 Å². The van der Waals surface area contributed by atoms with Gasteiger partial charge in [-0.3, -0.25) is 4.79 Å². The molecule has 20 heavy (non-hydrogen) atoms. The Morgan fingerprint density at radius 2 is 2.00 bits per heavy atom. The molecule has 0 saturated heterocycles. The van der Waals surface area contributed by atoms with Gasteiger partial charge in [-0.15, -0.1) is 0 Å². The van der Waals surface area contributed by atoms with Crippen molar-refractivity contribution >= 4 is 10.9 Å². The van der Waals surface area contributed by atoms with E-state index < -0.39 is 0 Å². The third-order valence-corrected chi connectivity index (χ3v) is 3.59. The largest absolute Gasteiger partial charge is 0.488 e. The fourth-order valence-electron chi connectivity index (χ4n) is 2.62. The van der Waals surface area contributed by atoms with Crippen molar-refractivity contribution in [2.75, 3.05) is 0 Å². The van der Waals surface area contributed by atoms with E-state index in [-0.39, 0.29) is 17.9 Å². The molecule has 4 heteroatoms. The number of fused-ring (bicyclic) bond motifs is 4. The van der Waals surface area contributed by atoms with Crippen molar-refractivity contribution in [2.45, 2.75) is 6.61 Å². The summed E-state index contributed by atoms with van der Waals surface area (Å²) in [5.41, 5.74) is 2.46. The van der Waals surface area contributed by atoms with Gasteiger partial charge in [-0.25, -0.2) is 4.39 Å². The minimum absolute atomic E-state index is 0.0655. The lowest BCUT2D eigenvalue weighted by atomic mass is 10.00. The van der Waals surface area contributed by atoms with Crippen LogP contribution in [0.15, 0.2) is 47.3 Å². The first-order valence-electron chi connectivity index (χ1n) is 6.30. The second-order valence-electron chi connectivity index (χ2n) is 4.78. The van der Waals surface area contributed by atoms with Crippen LogP contribution in [0.4, 0.5) is 4.39 Å². The Kier molecular flexibility index (Phi) is 2.21. The van der Waals surface area contributed by atoms with Crippen LogP contribution >= 0.6 is 0 Å². The number of hydrogen-bond acceptors (Lipinski definition) is 2. The molecular weight excluding hydrogens is 257 g/mol. The number of H-pyrrole nitrogens is 1. The van der Waals surface area contributed by atoms with Crippen LogP contribution in [-0.4, -0.2) is 4.98 Å². The molecule has 2 heterocycles. The van der Waals surface area contributed by atoms with E-state index in [0.29, 0.717) is 28.0 Å². The number of pyridine rings is 1. The van der Waals surface area contributed by atoms with Gasteiger partial charge in [0.25, 0.3) is 0 Å². The molecule has 0 aliphatic carbocycles. The molecule has 0 atom stereocenters. The molecule has 0 saturated carbocycles. The standard InChI is InChI=1S/C16H10FNO2/c17-9-5-6-14-11(7-9)15-12(8-20-14)16(19)10-3-1-2-4-13(10)18-15/h1-7H,8H2,(H,18,19). The van der Waals surface area contributed by atoms with Crippen molar-refractivity contribution in [3.63, 3.8) is 0 Å². The topological polar surface area (TPSA) is 42.1 Å². The van der Waals surface area contributed by atoms with Gasteiger partial charge >= 0.3 is 0 Å². The Hall–Kier alpha value is -2.62. The highest BCUT2D eigenvalue weighted by Crippen LogP contribution is 2.36. The number of hydrogen-bond donors (Lipinski definition) is 1. The summed E-state index contributed by atoms with van der Waals surface area (Å²) in [6, 6.07) is 11.6. The number of ether oxygens (including phenoxy) is 1. The summed E-state index contributed by atoms with van der Waals surface area (Å²) in [4.78, 5) is 15.7. The Balaban J connectivity index is 2.13. The molecule has 1 aliphatic rings. The Morgan fingerprint density at radius 3 is 2.90 bits per heavy atom. The van der Waals surface area contributed by atoms with E-state index in [4.69, 9.17) is 4.74 Å². The average molecular weight is 267 g/mol. The zero-order chi connectivity index (χ0) is 13.7. The minimum atomic E-state index is -0.353. The average Bonchev–Trinajstić information content (AvgIpc) is 2.47. The fourth-order valence-corrected chi connectivity index (χ4v) is 2.62. The molecule has 3 aromatic rings. The van der Waals surface area contributed by atoms with Crippen LogP contribution in [0.3, 0.4) is 0 Å². The summed E-state index contributed by atoms with van der Waals surface area (Å²) < 4.78 is 19.0. The van der Waals surface area contributed by atoms with E-state index in [9.17, 15) is 9.18 Å². The highest BCUT2D eigenvalue weighted by atomic mass is 19.1. The van der Waals surface area contributed by atoms with E-state index >= 15 is 0 Å². The van der Waals surface area contributed by atoms with Crippen LogP contribution in [0.25, 0.3) is 22.2 Å². The molecule has 2 aromatic carbocycles. The summed E-state index contributed by atoms with van der Waals surface area (Å²) in [6.45, 7) is 0.203. The van der Waals surface area contributed by atoms with Crippen molar-refractivity contribution in [2.24, 2.45) is 0 Å². The van der Waals surface area contributed by atoms with E-state index in [1.807, 2.05) is 18.2 Å². The number of para-hydroxylation sites is 1. The maximum Gasteiger partial charge on any atom is 0.196 e. The summed E-state index contributed by atoms with van der Waals surface area (Å²) >= 11 is 0. The van der Waals surface area contributed by atoms with E-state index in [1.54, 1.807) is 12.1 Å². The fraction of sp³-hybridized carbons (Fsp3) is 0.0625. The number of aromatic amines is 1. The first kappa shape index (κ1) is 11.2.